The Hall–Kier alpha value is -7.42. The van der Waals surface area contributed by atoms with E-state index in [1.807, 2.05) is 0 Å². The van der Waals surface area contributed by atoms with Gasteiger partial charge in [-0.2, -0.15) is 0 Å². The molecule has 0 aliphatic rings. The third-order valence-corrected chi connectivity index (χ3v) is 11.3. The smallest absolute Gasteiger partial charge is 0.0546 e. The molecule has 56 heavy (non-hydrogen) atoms. The molecule has 0 spiro atoms. The van der Waals surface area contributed by atoms with E-state index in [4.69, 9.17) is 0 Å². The van der Waals surface area contributed by atoms with Gasteiger partial charge in [-0.25, -0.2) is 0 Å². The molecule has 0 aliphatic carbocycles. The first-order valence-corrected chi connectivity index (χ1v) is 19.3. The van der Waals surface area contributed by atoms with Crippen LogP contribution in [0.25, 0.3) is 65.3 Å². The summed E-state index contributed by atoms with van der Waals surface area (Å²) in [5.74, 6) is 0. The summed E-state index contributed by atoms with van der Waals surface area (Å²) in [6, 6.07) is 79.1. The highest BCUT2D eigenvalue weighted by Gasteiger charge is 2.25. The number of hydrogen-bond acceptors (Lipinski definition) is 2. The van der Waals surface area contributed by atoms with Crippen molar-refractivity contribution in [1.29, 1.82) is 0 Å². The van der Waals surface area contributed by atoms with Crippen molar-refractivity contribution in [3.05, 3.63) is 218 Å². The molecule has 0 fully saturated rings. The lowest BCUT2D eigenvalue weighted by atomic mass is 9.83. The van der Waals surface area contributed by atoms with Crippen LogP contribution in [0.2, 0.25) is 0 Å². The number of anilines is 6. The molecule has 0 heterocycles. The Morgan fingerprint density at radius 2 is 0.446 bits per heavy atom. The predicted molar refractivity (Wildman–Crippen MR) is 239 cm³/mol. The number of fused-ring (bicyclic) bond motifs is 8. The molecule has 0 amide bonds. The lowest BCUT2D eigenvalue weighted by Crippen LogP contribution is -2.11. The molecule has 0 aliphatic heterocycles. The highest BCUT2D eigenvalue weighted by atomic mass is 15.1. The minimum absolute atomic E-state index is 1.13. The maximum atomic E-state index is 2.44. The first-order valence-electron chi connectivity index (χ1n) is 19.3. The normalized spacial score (nSPS) is 11.6. The number of hydrogen-bond donors (Lipinski definition) is 0. The molecule has 0 saturated carbocycles. The van der Waals surface area contributed by atoms with E-state index in [2.05, 4.69) is 228 Å². The SMILES string of the molecule is c1ccc(-c2cc3c(cc2N(c2ccccc2)c2ccccc2)c2cc4c5cc(-c6ccccc6)c(N(c6ccccc6)c6ccccc6)cc5c4cc32)cc1. The Labute approximate surface area is 326 Å². The lowest BCUT2D eigenvalue weighted by molar-refractivity contribution is 1.29. The van der Waals surface area contributed by atoms with E-state index in [0.29, 0.717) is 0 Å². The number of rotatable bonds is 8. The number of para-hydroxylation sites is 4. The van der Waals surface area contributed by atoms with Gasteiger partial charge in [-0.15, -0.1) is 0 Å². The molecule has 0 bridgehead atoms. The molecule has 0 atom stereocenters. The number of nitrogens with zero attached hydrogens (tertiary/aromatic N) is 2. The summed E-state index contributed by atoms with van der Waals surface area (Å²) >= 11 is 0. The van der Waals surface area contributed by atoms with Crippen LogP contribution in [0.4, 0.5) is 34.1 Å². The summed E-state index contributed by atoms with van der Waals surface area (Å²) in [4.78, 5) is 4.80. The molecule has 2 heteroatoms. The molecule has 0 N–H and O–H groups in total. The van der Waals surface area contributed by atoms with Gasteiger partial charge in [0.2, 0.25) is 0 Å². The topological polar surface area (TPSA) is 6.48 Å². The minimum Gasteiger partial charge on any atom is -0.310 e. The van der Waals surface area contributed by atoms with Crippen LogP contribution in [-0.2, 0) is 0 Å². The monoisotopic (exact) mass is 712 g/mol. The molecule has 11 aromatic rings. The lowest BCUT2D eigenvalue weighted by Gasteiger charge is -2.30. The third-order valence-electron chi connectivity index (χ3n) is 11.3. The molecule has 11 aromatic carbocycles. The maximum Gasteiger partial charge on any atom is 0.0546 e. The van der Waals surface area contributed by atoms with Crippen molar-refractivity contribution in [1.82, 2.24) is 0 Å². The van der Waals surface area contributed by atoms with Gasteiger partial charge in [0.25, 0.3) is 0 Å². The molecule has 0 radical (unpaired) electrons. The summed E-state index contributed by atoms with van der Waals surface area (Å²) in [5.41, 5.74) is 11.7. The van der Waals surface area contributed by atoms with Gasteiger partial charge in [0.1, 0.15) is 0 Å². The van der Waals surface area contributed by atoms with Crippen LogP contribution in [0.5, 0.6) is 0 Å². The van der Waals surface area contributed by atoms with Gasteiger partial charge in [-0.1, -0.05) is 133 Å². The van der Waals surface area contributed by atoms with E-state index in [0.717, 1.165) is 22.7 Å². The van der Waals surface area contributed by atoms with Crippen LogP contribution in [0.1, 0.15) is 0 Å². The first kappa shape index (κ1) is 32.0. The summed E-state index contributed by atoms with van der Waals surface area (Å²) in [6.45, 7) is 0. The molecule has 2 nitrogen and oxygen atoms in total. The second-order valence-electron chi connectivity index (χ2n) is 14.5. The quantitative estimate of drug-likeness (QED) is 0.155. The fourth-order valence-electron chi connectivity index (χ4n) is 8.66. The Morgan fingerprint density at radius 3 is 0.732 bits per heavy atom. The van der Waals surface area contributed by atoms with Crippen molar-refractivity contribution in [2.24, 2.45) is 0 Å². The van der Waals surface area contributed by atoms with Crippen LogP contribution in [0.3, 0.4) is 0 Å². The van der Waals surface area contributed by atoms with Crippen molar-refractivity contribution in [3.63, 3.8) is 0 Å². The largest absolute Gasteiger partial charge is 0.310 e. The predicted octanol–water partition coefficient (Wildman–Crippen LogP) is 15.4. The summed E-state index contributed by atoms with van der Waals surface area (Å²) < 4.78 is 0. The van der Waals surface area contributed by atoms with Crippen LogP contribution < -0.4 is 9.80 Å². The molecule has 0 aromatic heterocycles. The molecule has 0 unspecified atom stereocenters. The van der Waals surface area contributed by atoms with Gasteiger partial charge in [-0.05, 0) is 139 Å². The van der Waals surface area contributed by atoms with E-state index >= 15 is 0 Å². The summed E-state index contributed by atoms with van der Waals surface area (Å²) in [6.07, 6.45) is 0. The second kappa shape index (κ2) is 13.2. The molecular weight excluding hydrogens is 677 g/mol. The second-order valence-corrected chi connectivity index (χ2v) is 14.5. The molecule has 262 valence electrons. The zero-order valence-electron chi connectivity index (χ0n) is 30.7. The van der Waals surface area contributed by atoms with Crippen LogP contribution in [0, 0.1) is 0 Å². The highest BCUT2D eigenvalue weighted by Crippen LogP contribution is 2.52. The zero-order chi connectivity index (χ0) is 37.0. The Morgan fingerprint density at radius 1 is 0.214 bits per heavy atom. The van der Waals surface area contributed by atoms with Gasteiger partial charge < -0.3 is 9.80 Å². The third kappa shape index (κ3) is 5.19. The average molecular weight is 713 g/mol. The first-order chi connectivity index (χ1) is 27.8. The van der Waals surface area contributed by atoms with Gasteiger partial charge in [0, 0.05) is 33.9 Å². The molecule has 0 saturated heterocycles. The van der Waals surface area contributed by atoms with E-state index in [9.17, 15) is 0 Å². The standard InChI is InChI=1S/C54H36N2/c1-7-19-37(20-8-1)43-31-45-47-33-50-48(34-49(47)51(45)35-53(43)55(39-23-11-3-12-24-39)40-25-13-4-14-26-40)46-32-44(38-21-9-2-10-22-38)54(36-52(46)50)56(41-27-15-5-16-28-41)42-29-17-6-18-30-42/h1-36H. The van der Waals surface area contributed by atoms with Crippen molar-refractivity contribution in [2.45, 2.75) is 0 Å². The van der Waals surface area contributed by atoms with E-state index in [1.54, 1.807) is 0 Å². The van der Waals surface area contributed by atoms with Crippen LogP contribution >= 0.6 is 0 Å². The molecule has 11 rings (SSSR count). The Balaban J connectivity index is 1.15. The van der Waals surface area contributed by atoms with Gasteiger partial charge in [-0.3, -0.25) is 0 Å². The van der Waals surface area contributed by atoms with Crippen LogP contribution in [0.15, 0.2) is 218 Å². The number of benzene rings is 9. The Kier molecular flexibility index (Phi) is 7.53. The highest BCUT2D eigenvalue weighted by molar-refractivity contribution is 6.36. The zero-order valence-corrected chi connectivity index (χ0v) is 30.7. The van der Waals surface area contributed by atoms with E-state index in [-0.39, 0.29) is 0 Å². The summed E-state index contributed by atoms with van der Waals surface area (Å²) in [5, 5.41) is 10.4. The Bertz CT molecular complexity index is 2800. The minimum atomic E-state index is 1.13. The van der Waals surface area contributed by atoms with Gasteiger partial charge >= 0.3 is 0 Å². The van der Waals surface area contributed by atoms with Gasteiger partial charge in [0.05, 0.1) is 11.4 Å². The molecular formula is C54H36N2. The average Bonchev–Trinajstić information content (AvgIpc) is 3.27. The maximum absolute atomic E-state index is 2.44. The summed E-state index contributed by atoms with van der Waals surface area (Å²) in [7, 11) is 0. The van der Waals surface area contributed by atoms with E-state index in [1.165, 1.54) is 76.7 Å². The van der Waals surface area contributed by atoms with E-state index < -0.39 is 0 Å². The van der Waals surface area contributed by atoms with Gasteiger partial charge in [0.15, 0.2) is 0 Å². The van der Waals surface area contributed by atoms with Crippen molar-refractivity contribution >= 4 is 77.2 Å². The van der Waals surface area contributed by atoms with Crippen LogP contribution in [-0.4, -0.2) is 0 Å². The van der Waals surface area contributed by atoms with Crippen molar-refractivity contribution in [2.75, 3.05) is 9.80 Å². The van der Waals surface area contributed by atoms with Crippen molar-refractivity contribution < 1.29 is 0 Å². The fraction of sp³-hybridized carbons (Fsp3) is 0. The fourth-order valence-corrected chi connectivity index (χ4v) is 8.66. The van der Waals surface area contributed by atoms with Crippen molar-refractivity contribution in [3.8, 4) is 22.3 Å².